The van der Waals surface area contributed by atoms with Crippen molar-refractivity contribution in [1.82, 2.24) is 0 Å². The molecule has 6 aliphatic rings. The average Bonchev–Trinajstić information content (AvgIpc) is 3.30. The Morgan fingerprint density at radius 3 is 1.64 bits per heavy atom. The van der Waals surface area contributed by atoms with Gasteiger partial charge in [-0.3, -0.25) is 0 Å². The molecule has 0 radical (unpaired) electrons. The van der Waals surface area contributed by atoms with Crippen LogP contribution < -0.4 is 20.1 Å². The third-order valence-electron chi connectivity index (χ3n) is 8.87. The maximum absolute atomic E-state index is 12.7. The average molecular weight is 543 g/mol. The predicted molar refractivity (Wildman–Crippen MR) is 153 cm³/mol. The molecular formula is C31H34N4O3S+2. The van der Waals surface area contributed by atoms with Crippen LogP contribution in [0.1, 0.15) is 88.5 Å². The summed E-state index contributed by atoms with van der Waals surface area (Å²) in [6.07, 6.45) is 6.30. The molecule has 0 aliphatic carbocycles. The van der Waals surface area contributed by atoms with E-state index in [1.54, 1.807) is 10.8 Å². The molecule has 2 aromatic rings. The molecule has 200 valence electrons. The molecule has 0 amide bonds. The Balaban J connectivity index is 1.31. The zero-order valence-electron chi connectivity index (χ0n) is 23.2. The third-order valence-corrected chi connectivity index (χ3v) is 9.78. The Hall–Kier alpha value is -3.39. The molecule has 0 saturated carbocycles. The summed E-state index contributed by atoms with van der Waals surface area (Å²) in [7, 11) is -1.19. The van der Waals surface area contributed by atoms with Gasteiger partial charge in [0.05, 0.1) is 32.7 Å². The van der Waals surface area contributed by atoms with E-state index in [2.05, 4.69) is 88.9 Å². The minimum absolute atomic E-state index is 0.00449. The van der Waals surface area contributed by atoms with Crippen LogP contribution in [0, 0.1) is 0 Å². The Labute approximate surface area is 231 Å². The molecule has 39 heavy (non-hydrogen) atoms. The zero-order chi connectivity index (χ0) is 27.1. The smallest absolute Gasteiger partial charge is 0.380 e. The largest absolute Gasteiger partial charge is 0.715 e. The van der Waals surface area contributed by atoms with Crippen LogP contribution in [-0.4, -0.2) is 42.9 Å². The summed E-state index contributed by atoms with van der Waals surface area (Å²) in [6, 6.07) is 7.43. The van der Waals surface area contributed by atoms with Crippen LogP contribution in [0.4, 0.5) is 11.4 Å². The number of fused-ring (bicyclic) bond motifs is 7. The van der Waals surface area contributed by atoms with Gasteiger partial charge in [0.2, 0.25) is 0 Å². The SMILES string of the molecule is CC1CC(C)(C)Nc2cc3c(cc21)C=[N+]1C2=CS(=O)C=C2[N+]2=Cc4cc5c(cc4OC12O3)NC(C)(C)CC5C. The molecular weight excluding hydrogens is 508 g/mol. The van der Waals surface area contributed by atoms with Crippen LogP contribution in [-0.2, 0) is 10.8 Å². The minimum atomic E-state index is -1.27. The Kier molecular flexibility index (Phi) is 4.35. The highest BCUT2D eigenvalue weighted by Crippen LogP contribution is 2.50. The molecule has 6 aliphatic heterocycles. The van der Waals surface area contributed by atoms with E-state index in [1.165, 1.54) is 11.1 Å². The molecule has 2 N–H and O–H groups in total. The zero-order valence-corrected chi connectivity index (χ0v) is 24.0. The number of nitrogens with one attached hydrogen (secondary N) is 2. The number of benzene rings is 2. The quantitative estimate of drug-likeness (QED) is 0.431. The summed E-state index contributed by atoms with van der Waals surface area (Å²) in [4.78, 5) is 0. The second kappa shape index (κ2) is 7.22. The molecule has 8 rings (SSSR count). The van der Waals surface area contributed by atoms with Gasteiger partial charge in [-0.15, -0.1) is 0 Å². The number of nitrogens with zero attached hydrogens (tertiary/aromatic N) is 2. The van der Waals surface area contributed by atoms with E-state index in [0.717, 1.165) is 58.2 Å². The van der Waals surface area contributed by atoms with Crippen molar-refractivity contribution in [1.29, 1.82) is 0 Å². The van der Waals surface area contributed by atoms with Gasteiger partial charge in [0, 0.05) is 34.6 Å². The fourth-order valence-electron chi connectivity index (χ4n) is 7.46. The van der Waals surface area contributed by atoms with Crippen LogP contribution in [0.3, 0.4) is 0 Å². The molecule has 2 unspecified atom stereocenters. The molecule has 1 saturated heterocycles. The van der Waals surface area contributed by atoms with Crippen LogP contribution in [0.2, 0.25) is 0 Å². The summed E-state index contributed by atoms with van der Waals surface area (Å²) >= 11 is 0. The van der Waals surface area contributed by atoms with Crippen LogP contribution in [0.5, 0.6) is 11.5 Å². The van der Waals surface area contributed by atoms with Gasteiger partial charge >= 0.3 is 17.4 Å². The molecule has 0 bridgehead atoms. The normalized spacial score (nSPS) is 31.4. The molecule has 2 aromatic carbocycles. The van der Waals surface area contributed by atoms with Crippen LogP contribution in [0.25, 0.3) is 0 Å². The lowest BCUT2D eigenvalue weighted by Crippen LogP contribution is -2.59. The summed E-state index contributed by atoms with van der Waals surface area (Å²) in [6.45, 7) is 13.5. The molecule has 6 heterocycles. The lowest BCUT2D eigenvalue weighted by Gasteiger charge is -2.38. The number of anilines is 2. The van der Waals surface area contributed by atoms with E-state index in [4.69, 9.17) is 9.47 Å². The van der Waals surface area contributed by atoms with Crippen molar-refractivity contribution < 1.29 is 22.8 Å². The Morgan fingerprint density at radius 1 is 0.769 bits per heavy atom. The van der Waals surface area contributed by atoms with Gasteiger partial charge in [-0.2, -0.15) is 0 Å². The number of hydrogen-bond donors (Lipinski definition) is 2. The van der Waals surface area contributed by atoms with E-state index < -0.39 is 16.8 Å². The van der Waals surface area contributed by atoms with Crippen molar-refractivity contribution in [3.63, 3.8) is 0 Å². The molecule has 7 nitrogen and oxygen atoms in total. The van der Waals surface area contributed by atoms with E-state index >= 15 is 0 Å². The van der Waals surface area contributed by atoms with Crippen molar-refractivity contribution in [3.05, 3.63) is 68.7 Å². The molecule has 2 atom stereocenters. The van der Waals surface area contributed by atoms with Gasteiger partial charge in [-0.25, -0.2) is 4.21 Å². The predicted octanol–water partition coefficient (Wildman–Crippen LogP) is 5.50. The fraction of sp³-hybridized carbons (Fsp3) is 0.419. The summed E-state index contributed by atoms with van der Waals surface area (Å²) in [5, 5.41) is 11.0. The molecule has 8 heteroatoms. The highest BCUT2D eigenvalue weighted by molar-refractivity contribution is 7.91. The van der Waals surface area contributed by atoms with Crippen LogP contribution >= 0.6 is 0 Å². The Bertz CT molecular complexity index is 1560. The summed E-state index contributed by atoms with van der Waals surface area (Å²) < 4.78 is 30.4. The fourth-order valence-corrected chi connectivity index (χ4v) is 8.44. The number of rotatable bonds is 0. The standard InChI is InChI=1S/C31H32N4O3S/c1-17-11-29(3,4)32-23-9-27-19(7-21(17)23)13-34-25-15-39(36)16-26(25)35-14-20-8-22-18(2)12-30(5,6)33-24(22)10-28(20)38-31(34,35)37-27/h7-10,13-18H,11-12H2,1-6H3/p+2. The first-order chi connectivity index (χ1) is 18.4. The van der Waals surface area contributed by atoms with Crippen molar-refractivity contribution >= 4 is 34.6 Å². The van der Waals surface area contributed by atoms with Gasteiger partial charge in [0.1, 0.15) is 0 Å². The van der Waals surface area contributed by atoms with Crippen molar-refractivity contribution in [2.45, 2.75) is 83.3 Å². The first-order valence-electron chi connectivity index (χ1n) is 13.8. The minimum Gasteiger partial charge on any atom is -0.380 e. The van der Waals surface area contributed by atoms with Gasteiger partial charge in [0.15, 0.2) is 23.9 Å². The first-order valence-corrected chi connectivity index (χ1v) is 15.1. The van der Waals surface area contributed by atoms with Gasteiger partial charge in [0.25, 0.3) is 0 Å². The highest BCUT2D eigenvalue weighted by atomic mass is 32.2. The maximum Gasteiger partial charge on any atom is 0.715 e. The summed E-state index contributed by atoms with van der Waals surface area (Å²) in [5.41, 5.74) is 8.45. The monoisotopic (exact) mass is 542 g/mol. The maximum atomic E-state index is 12.7. The molecule has 0 aromatic heterocycles. The first kappa shape index (κ1) is 23.5. The lowest BCUT2D eigenvalue weighted by atomic mass is 9.81. The van der Waals surface area contributed by atoms with Crippen LogP contribution in [0.15, 0.2) is 46.5 Å². The summed E-state index contributed by atoms with van der Waals surface area (Å²) in [5.74, 6) is 2.37. The van der Waals surface area contributed by atoms with E-state index in [1.807, 2.05) is 9.15 Å². The van der Waals surface area contributed by atoms with Gasteiger partial charge in [-0.05, 0) is 84.8 Å². The lowest BCUT2D eigenvalue weighted by molar-refractivity contribution is -0.838. The van der Waals surface area contributed by atoms with Gasteiger partial charge < -0.3 is 20.1 Å². The van der Waals surface area contributed by atoms with E-state index in [-0.39, 0.29) is 11.1 Å². The second-order valence-electron chi connectivity index (χ2n) is 13.3. The molecule has 1 fully saturated rings. The highest BCUT2D eigenvalue weighted by Gasteiger charge is 2.75. The number of hydrogen-bond acceptors (Lipinski definition) is 5. The van der Waals surface area contributed by atoms with E-state index in [0.29, 0.717) is 11.8 Å². The van der Waals surface area contributed by atoms with Crippen molar-refractivity contribution in [2.75, 3.05) is 10.6 Å². The Morgan fingerprint density at radius 2 is 1.21 bits per heavy atom. The van der Waals surface area contributed by atoms with Gasteiger partial charge in [-0.1, -0.05) is 13.8 Å². The topological polar surface area (TPSA) is 65.6 Å². The van der Waals surface area contributed by atoms with Crippen molar-refractivity contribution in [3.8, 4) is 11.5 Å². The molecule has 1 spiro atoms. The van der Waals surface area contributed by atoms with E-state index in [9.17, 15) is 4.21 Å². The second-order valence-corrected chi connectivity index (χ2v) is 14.4. The number of ether oxygens (including phenoxy) is 2. The van der Waals surface area contributed by atoms with Crippen molar-refractivity contribution in [2.24, 2.45) is 0 Å². The third kappa shape index (κ3) is 3.24.